The fourth-order valence-electron chi connectivity index (χ4n) is 4.39. The van der Waals surface area contributed by atoms with E-state index in [1.165, 1.54) is 32.1 Å². The van der Waals surface area contributed by atoms with E-state index in [0.29, 0.717) is 31.0 Å². The molecular weight excluding hydrogens is 572 g/mol. The number of carbonyl (C=O) groups excluding carboxylic acids is 2. The summed E-state index contributed by atoms with van der Waals surface area (Å²) in [5.41, 5.74) is 18.2. The van der Waals surface area contributed by atoms with Crippen molar-refractivity contribution < 1.29 is 29.4 Å². The minimum Gasteiger partial charge on any atom is -0.481 e. The molecule has 1 amide bonds. The molecule has 0 saturated heterocycles. The second-order valence-electron chi connectivity index (χ2n) is 10.9. The summed E-state index contributed by atoms with van der Waals surface area (Å²) in [4.78, 5) is 42.2. The Bertz CT molecular complexity index is 1290. The minimum atomic E-state index is -0.933. The van der Waals surface area contributed by atoms with Crippen LogP contribution in [0.15, 0.2) is 66.7 Å². The van der Waals surface area contributed by atoms with Crippen LogP contribution in [0, 0.1) is 0 Å². The van der Waals surface area contributed by atoms with E-state index >= 15 is 0 Å². The Morgan fingerprint density at radius 3 is 2.09 bits per heavy atom. The van der Waals surface area contributed by atoms with Crippen LogP contribution < -0.4 is 22.5 Å². The van der Waals surface area contributed by atoms with Crippen molar-refractivity contribution in [3.8, 4) is 0 Å². The summed E-state index contributed by atoms with van der Waals surface area (Å²) in [6.45, 7) is 2.56. The minimum absolute atomic E-state index is 0.00588. The molecule has 3 aromatic carbocycles. The number of benzene rings is 3. The Kier molecular flexibility index (Phi) is 20.1. The van der Waals surface area contributed by atoms with Gasteiger partial charge in [0.1, 0.15) is 12.3 Å². The molecule has 10 nitrogen and oxygen atoms in total. The Labute approximate surface area is 266 Å². The zero-order valence-electron chi connectivity index (χ0n) is 26.3. The molecule has 1 atom stereocenters. The van der Waals surface area contributed by atoms with E-state index in [9.17, 15) is 19.2 Å². The number of nitrogens with one attached hydrogen (secondary N) is 1. The van der Waals surface area contributed by atoms with Gasteiger partial charge in [0.05, 0.1) is 6.42 Å². The molecule has 1 fully saturated rings. The lowest BCUT2D eigenvalue weighted by Gasteiger charge is -2.15. The number of carboxylic acids is 2. The molecule has 0 aliphatic heterocycles. The maximum Gasteiger partial charge on any atom is 0.320 e. The van der Waals surface area contributed by atoms with E-state index in [0.717, 1.165) is 47.6 Å². The lowest BCUT2D eigenvalue weighted by atomic mass is 9.97. The lowest BCUT2D eigenvalue weighted by molar-refractivity contribution is -0.139. The maximum absolute atomic E-state index is 11.2. The number of fused-ring (bicyclic) bond motifs is 1. The van der Waals surface area contributed by atoms with Gasteiger partial charge < -0.3 is 32.7 Å². The van der Waals surface area contributed by atoms with Gasteiger partial charge in [-0.1, -0.05) is 75.1 Å². The fraction of sp³-hybridized carbons (Fsp3) is 0.429. The van der Waals surface area contributed by atoms with Gasteiger partial charge in [0.25, 0.3) is 0 Å². The average molecular weight is 623 g/mol. The van der Waals surface area contributed by atoms with E-state index in [2.05, 4.69) is 5.32 Å². The highest BCUT2D eigenvalue weighted by Crippen LogP contribution is 2.16. The summed E-state index contributed by atoms with van der Waals surface area (Å²) >= 11 is 0. The summed E-state index contributed by atoms with van der Waals surface area (Å²) in [6, 6.07) is 20.3. The number of anilines is 1. The molecular formula is C35H50N4O6. The van der Waals surface area contributed by atoms with Crippen LogP contribution in [0.3, 0.4) is 0 Å². The zero-order chi connectivity index (χ0) is 33.5. The predicted molar refractivity (Wildman–Crippen MR) is 180 cm³/mol. The normalized spacial score (nSPS) is 13.0. The third-order valence-corrected chi connectivity index (χ3v) is 6.91. The maximum atomic E-state index is 11.2. The second-order valence-corrected chi connectivity index (χ2v) is 10.9. The summed E-state index contributed by atoms with van der Waals surface area (Å²) in [7, 11) is 0. The molecule has 1 aliphatic rings. The first kappa shape index (κ1) is 38.9. The average Bonchev–Trinajstić information content (AvgIpc) is 3.02. The Hall–Kier alpha value is -4.12. The summed E-state index contributed by atoms with van der Waals surface area (Å²) < 4.78 is 0. The molecule has 0 spiro atoms. The Balaban J connectivity index is 0.000000310. The van der Waals surface area contributed by atoms with E-state index in [1.54, 1.807) is 24.3 Å². The molecule has 0 heterocycles. The van der Waals surface area contributed by atoms with Crippen LogP contribution in [0.5, 0.6) is 0 Å². The fourth-order valence-corrected chi connectivity index (χ4v) is 4.39. The van der Waals surface area contributed by atoms with Crippen molar-refractivity contribution in [3.05, 3.63) is 77.9 Å². The number of aliphatic carboxylic acids is 2. The molecule has 1 saturated carbocycles. The molecule has 246 valence electrons. The van der Waals surface area contributed by atoms with Crippen molar-refractivity contribution >= 4 is 40.6 Å². The highest BCUT2D eigenvalue weighted by Gasteiger charge is 2.09. The number of amides is 1. The number of hydrogen-bond acceptors (Lipinski definition) is 7. The summed E-state index contributed by atoms with van der Waals surface area (Å²) in [5, 5.41) is 21.9. The molecule has 9 N–H and O–H groups in total. The van der Waals surface area contributed by atoms with Crippen LogP contribution in [0.25, 0.3) is 10.8 Å². The van der Waals surface area contributed by atoms with Crippen LogP contribution in [0.4, 0.5) is 5.69 Å². The van der Waals surface area contributed by atoms with Crippen molar-refractivity contribution in [2.75, 3.05) is 11.9 Å². The van der Waals surface area contributed by atoms with Crippen molar-refractivity contribution in [2.45, 2.75) is 89.6 Å². The summed E-state index contributed by atoms with van der Waals surface area (Å²) in [6.07, 6.45) is 11.0. The van der Waals surface area contributed by atoms with Crippen LogP contribution in [-0.2, 0) is 20.8 Å². The highest BCUT2D eigenvalue weighted by atomic mass is 16.4. The number of unbranched alkanes of at least 4 members (excludes halogenated alkanes) is 1. The third-order valence-electron chi connectivity index (χ3n) is 6.91. The topological polar surface area (TPSA) is 199 Å². The first-order chi connectivity index (χ1) is 21.6. The van der Waals surface area contributed by atoms with Gasteiger partial charge in [0.15, 0.2) is 0 Å². The smallest absolute Gasteiger partial charge is 0.320 e. The van der Waals surface area contributed by atoms with E-state index in [1.807, 2.05) is 49.4 Å². The van der Waals surface area contributed by atoms with Crippen molar-refractivity contribution in [1.82, 2.24) is 0 Å². The molecule has 0 aromatic heterocycles. The molecule has 0 radical (unpaired) electrons. The molecule has 1 unspecified atom stereocenters. The van der Waals surface area contributed by atoms with Gasteiger partial charge in [-0.15, -0.1) is 0 Å². The predicted octanol–water partition coefficient (Wildman–Crippen LogP) is 5.51. The van der Waals surface area contributed by atoms with Crippen molar-refractivity contribution in [1.29, 1.82) is 0 Å². The first-order valence-corrected chi connectivity index (χ1v) is 15.6. The number of rotatable bonds is 11. The number of hydrogen-bond donors (Lipinski definition) is 6. The summed E-state index contributed by atoms with van der Waals surface area (Å²) in [5.74, 6) is -1.72. The van der Waals surface area contributed by atoms with E-state index in [4.69, 9.17) is 27.4 Å². The monoisotopic (exact) mass is 622 g/mol. The Morgan fingerprint density at radius 2 is 1.58 bits per heavy atom. The quantitative estimate of drug-likeness (QED) is 0.118. The van der Waals surface area contributed by atoms with Crippen LogP contribution in [0.1, 0.15) is 87.1 Å². The standard InChI is InChI=1S/C12H10O2.C11H13NO2.C6H14N2O2.C6H13N/c13-12(14)8-9-5-6-10-3-1-2-4-11(10)7-9;1-2-3-11(14)12-10-6-4-9(8-13)5-7-10;7-4-2-1-3-5(8)6(9)10;7-6-4-2-1-3-5-6/h1-7H,8H2,(H,13,14);4-8H,2-3H2,1H3,(H,12,14);5H,1-4,7-8H2,(H,9,10);6H,1-5,7H2. The second kappa shape index (κ2) is 23.3. The van der Waals surface area contributed by atoms with E-state index in [-0.39, 0.29) is 12.3 Å². The van der Waals surface area contributed by atoms with Crippen LogP contribution in [-0.4, -0.2) is 53.0 Å². The van der Waals surface area contributed by atoms with Gasteiger partial charge in [-0.2, -0.15) is 0 Å². The number of carbonyl (C=O) groups is 4. The number of carboxylic acid groups (broad SMARTS) is 2. The first-order valence-electron chi connectivity index (χ1n) is 15.6. The van der Waals surface area contributed by atoms with Gasteiger partial charge in [-0.05, 0) is 79.3 Å². The third kappa shape index (κ3) is 18.3. The largest absolute Gasteiger partial charge is 0.481 e. The van der Waals surface area contributed by atoms with Gasteiger partial charge in [-0.3, -0.25) is 19.2 Å². The number of nitrogens with two attached hydrogens (primary N) is 3. The van der Waals surface area contributed by atoms with Gasteiger partial charge in [0, 0.05) is 23.7 Å². The Morgan fingerprint density at radius 1 is 0.933 bits per heavy atom. The molecule has 45 heavy (non-hydrogen) atoms. The molecule has 0 bridgehead atoms. The SMILES string of the molecule is CCCC(=O)Nc1ccc(C=O)cc1.NC1CCCCC1.NCCCCC(N)C(=O)O.O=C(O)Cc1ccc2ccccc2c1. The van der Waals surface area contributed by atoms with Crippen LogP contribution in [0.2, 0.25) is 0 Å². The molecule has 10 heteroatoms. The molecule has 4 rings (SSSR count). The lowest BCUT2D eigenvalue weighted by Crippen LogP contribution is -2.29. The highest BCUT2D eigenvalue weighted by molar-refractivity contribution is 5.91. The van der Waals surface area contributed by atoms with Gasteiger partial charge in [0.2, 0.25) is 5.91 Å². The molecule has 1 aliphatic carbocycles. The van der Waals surface area contributed by atoms with Crippen molar-refractivity contribution in [2.24, 2.45) is 17.2 Å². The van der Waals surface area contributed by atoms with Gasteiger partial charge >= 0.3 is 11.9 Å². The molecule has 3 aromatic rings. The van der Waals surface area contributed by atoms with Gasteiger partial charge in [-0.25, -0.2) is 0 Å². The van der Waals surface area contributed by atoms with E-state index < -0.39 is 18.0 Å². The van der Waals surface area contributed by atoms with Crippen LogP contribution >= 0.6 is 0 Å². The van der Waals surface area contributed by atoms with Crippen molar-refractivity contribution in [3.63, 3.8) is 0 Å². The number of aldehydes is 1. The zero-order valence-corrected chi connectivity index (χ0v) is 26.3.